The lowest BCUT2D eigenvalue weighted by Gasteiger charge is -2.38. The molecule has 0 saturated heterocycles. The Hall–Kier alpha value is -1.43. The highest BCUT2D eigenvalue weighted by molar-refractivity contribution is 5.72. The van der Waals surface area contributed by atoms with Crippen LogP contribution in [0, 0.1) is 0 Å². The molecular formula is C14H22N2O4. The molecule has 1 aliphatic carbocycles. The van der Waals surface area contributed by atoms with E-state index in [1.807, 2.05) is 20.8 Å². The van der Waals surface area contributed by atoms with E-state index in [9.17, 15) is 4.79 Å². The van der Waals surface area contributed by atoms with Gasteiger partial charge in [0, 0.05) is 7.11 Å². The maximum Gasteiger partial charge on any atom is 0.307 e. The number of hydrogen-bond donors (Lipinski definition) is 0. The summed E-state index contributed by atoms with van der Waals surface area (Å²) in [5.74, 6) is 0.823. The number of nitrogens with zero attached hydrogens (tertiary/aromatic N) is 2. The highest BCUT2D eigenvalue weighted by Crippen LogP contribution is 2.46. The van der Waals surface area contributed by atoms with Crippen LogP contribution >= 0.6 is 0 Å². The van der Waals surface area contributed by atoms with E-state index in [4.69, 9.17) is 14.0 Å². The molecule has 0 unspecified atom stereocenters. The lowest BCUT2D eigenvalue weighted by Crippen LogP contribution is -2.39. The molecule has 0 N–H and O–H groups in total. The van der Waals surface area contributed by atoms with Crippen LogP contribution in [-0.4, -0.2) is 28.8 Å². The molecule has 0 aliphatic heterocycles. The highest BCUT2D eigenvalue weighted by atomic mass is 16.6. The van der Waals surface area contributed by atoms with E-state index >= 15 is 0 Å². The van der Waals surface area contributed by atoms with Crippen molar-refractivity contribution in [1.82, 2.24) is 10.1 Å². The Kier molecular flexibility index (Phi) is 4.13. The van der Waals surface area contributed by atoms with Gasteiger partial charge in [-0.2, -0.15) is 4.98 Å². The normalized spacial score (nSPS) is 17.6. The number of rotatable bonds is 5. The van der Waals surface area contributed by atoms with Crippen LogP contribution in [0.25, 0.3) is 0 Å². The summed E-state index contributed by atoms with van der Waals surface area (Å²) in [6.07, 6.45) is 3.10. The molecule has 1 aromatic rings. The van der Waals surface area contributed by atoms with E-state index < -0.39 is 5.60 Å². The maximum atomic E-state index is 12.0. The van der Waals surface area contributed by atoms with Crippen LogP contribution in [0.5, 0.6) is 0 Å². The third-order valence-corrected chi connectivity index (χ3v) is 3.41. The van der Waals surface area contributed by atoms with Crippen molar-refractivity contribution in [3.63, 3.8) is 0 Å². The van der Waals surface area contributed by atoms with Gasteiger partial charge in [0.2, 0.25) is 5.89 Å². The topological polar surface area (TPSA) is 74.5 Å². The third kappa shape index (κ3) is 3.36. The van der Waals surface area contributed by atoms with Gasteiger partial charge in [-0.05, 0) is 33.6 Å². The van der Waals surface area contributed by atoms with Crippen LogP contribution in [0.2, 0.25) is 0 Å². The van der Waals surface area contributed by atoms with E-state index in [1.165, 1.54) is 0 Å². The Morgan fingerprint density at radius 2 is 2.10 bits per heavy atom. The lowest BCUT2D eigenvalue weighted by atomic mass is 9.66. The van der Waals surface area contributed by atoms with Gasteiger partial charge in [0.25, 0.3) is 0 Å². The molecule has 112 valence electrons. The monoisotopic (exact) mass is 282 g/mol. The second kappa shape index (κ2) is 5.52. The summed E-state index contributed by atoms with van der Waals surface area (Å²) in [7, 11) is 1.58. The molecule has 0 spiro atoms. The molecule has 1 heterocycles. The first kappa shape index (κ1) is 15.0. The SMILES string of the molecule is COCc1noc(C2(CC(=O)OC(C)(C)C)CCC2)n1. The van der Waals surface area contributed by atoms with Crippen molar-refractivity contribution in [1.29, 1.82) is 0 Å². The average Bonchev–Trinajstić information content (AvgIpc) is 2.70. The maximum absolute atomic E-state index is 12.0. The molecule has 0 atom stereocenters. The third-order valence-electron chi connectivity index (χ3n) is 3.41. The molecule has 6 nitrogen and oxygen atoms in total. The van der Waals surface area contributed by atoms with E-state index in [-0.39, 0.29) is 11.4 Å². The van der Waals surface area contributed by atoms with Gasteiger partial charge in [0.15, 0.2) is 5.82 Å². The predicted molar refractivity (Wildman–Crippen MR) is 71.0 cm³/mol. The smallest absolute Gasteiger partial charge is 0.307 e. The summed E-state index contributed by atoms with van der Waals surface area (Å²) in [5, 5.41) is 3.87. The average molecular weight is 282 g/mol. The first-order valence-corrected chi connectivity index (χ1v) is 6.88. The van der Waals surface area contributed by atoms with Gasteiger partial charge in [-0.3, -0.25) is 4.79 Å². The minimum Gasteiger partial charge on any atom is -0.460 e. The number of carbonyl (C=O) groups is 1. The van der Waals surface area contributed by atoms with Gasteiger partial charge in [-0.1, -0.05) is 11.6 Å². The molecule has 0 bridgehead atoms. The van der Waals surface area contributed by atoms with Gasteiger partial charge < -0.3 is 14.0 Å². The van der Waals surface area contributed by atoms with Crippen LogP contribution in [0.4, 0.5) is 0 Å². The van der Waals surface area contributed by atoms with Crippen molar-refractivity contribution in [2.75, 3.05) is 7.11 Å². The molecule has 0 radical (unpaired) electrons. The zero-order valence-corrected chi connectivity index (χ0v) is 12.6. The Morgan fingerprint density at radius 3 is 2.60 bits per heavy atom. The molecule has 1 saturated carbocycles. The fraction of sp³-hybridized carbons (Fsp3) is 0.786. The molecule has 2 rings (SSSR count). The van der Waals surface area contributed by atoms with Crippen LogP contribution in [0.1, 0.15) is 58.2 Å². The van der Waals surface area contributed by atoms with Gasteiger partial charge in [0.1, 0.15) is 12.2 Å². The van der Waals surface area contributed by atoms with Crippen molar-refractivity contribution in [3.8, 4) is 0 Å². The minimum absolute atomic E-state index is 0.219. The van der Waals surface area contributed by atoms with Crippen molar-refractivity contribution in [2.24, 2.45) is 0 Å². The predicted octanol–water partition coefficient (Wildman–Crippen LogP) is 2.37. The lowest BCUT2D eigenvalue weighted by molar-refractivity contribution is -0.157. The van der Waals surface area contributed by atoms with E-state index in [2.05, 4.69) is 10.1 Å². The summed E-state index contributed by atoms with van der Waals surface area (Å²) in [5.41, 5.74) is -0.820. The largest absolute Gasteiger partial charge is 0.460 e. The molecule has 20 heavy (non-hydrogen) atoms. The molecule has 0 aromatic carbocycles. The Bertz CT molecular complexity index is 472. The van der Waals surface area contributed by atoms with Crippen molar-refractivity contribution >= 4 is 5.97 Å². The first-order chi connectivity index (χ1) is 9.35. The Labute approximate surface area is 118 Å². The van der Waals surface area contributed by atoms with E-state index in [1.54, 1.807) is 7.11 Å². The zero-order chi connectivity index (χ0) is 14.8. The summed E-state index contributed by atoms with van der Waals surface area (Å²) in [4.78, 5) is 16.4. The van der Waals surface area contributed by atoms with Crippen LogP contribution in [0.3, 0.4) is 0 Å². The second-order valence-corrected chi connectivity index (χ2v) is 6.35. The van der Waals surface area contributed by atoms with Gasteiger partial charge in [-0.25, -0.2) is 0 Å². The summed E-state index contributed by atoms with van der Waals surface area (Å²) in [6.45, 7) is 5.90. The molecule has 0 amide bonds. The number of carbonyl (C=O) groups excluding carboxylic acids is 1. The number of aromatic nitrogens is 2. The molecular weight excluding hydrogens is 260 g/mol. The van der Waals surface area contributed by atoms with Crippen molar-refractivity contribution in [3.05, 3.63) is 11.7 Å². The summed E-state index contributed by atoms with van der Waals surface area (Å²) < 4.78 is 15.7. The standard InChI is InChI=1S/C14H22N2O4/c1-13(2,3)19-11(17)8-14(6-5-7-14)12-15-10(9-18-4)16-20-12/h5-9H2,1-4H3. The first-order valence-electron chi connectivity index (χ1n) is 6.88. The van der Waals surface area contributed by atoms with E-state index in [0.29, 0.717) is 24.7 Å². The number of methoxy groups -OCH3 is 1. The van der Waals surface area contributed by atoms with Crippen LogP contribution in [0.15, 0.2) is 4.52 Å². The minimum atomic E-state index is -0.474. The zero-order valence-electron chi connectivity index (χ0n) is 12.6. The Morgan fingerprint density at radius 1 is 1.40 bits per heavy atom. The number of esters is 1. The Balaban J connectivity index is 2.07. The van der Waals surface area contributed by atoms with Gasteiger partial charge in [0.05, 0.1) is 11.8 Å². The molecule has 1 aliphatic rings. The van der Waals surface area contributed by atoms with Gasteiger partial charge >= 0.3 is 5.97 Å². The van der Waals surface area contributed by atoms with E-state index in [0.717, 1.165) is 19.3 Å². The van der Waals surface area contributed by atoms with Crippen molar-refractivity contribution in [2.45, 2.75) is 64.1 Å². The van der Waals surface area contributed by atoms with Gasteiger partial charge in [-0.15, -0.1) is 0 Å². The summed E-state index contributed by atoms with van der Waals surface area (Å²) >= 11 is 0. The second-order valence-electron chi connectivity index (χ2n) is 6.35. The molecule has 1 aromatic heterocycles. The van der Waals surface area contributed by atoms with Crippen LogP contribution in [-0.2, 0) is 26.3 Å². The van der Waals surface area contributed by atoms with Crippen LogP contribution < -0.4 is 0 Å². The number of ether oxygens (including phenoxy) is 2. The fourth-order valence-electron chi connectivity index (χ4n) is 2.38. The molecule has 1 fully saturated rings. The number of hydrogen-bond acceptors (Lipinski definition) is 6. The fourth-order valence-corrected chi connectivity index (χ4v) is 2.38. The molecule has 6 heteroatoms. The highest BCUT2D eigenvalue weighted by Gasteiger charge is 2.46. The van der Waals surface area contributed by atoms with Crippen molar-refractivity contribution < 1.29 is 18.8 Å². The quantitative estimate of drug-likeness (QED) is 0.772. The summed E-state index contributed by atoms with van der Waals surface area (Å²) in [6, 6.07) is 0.